The molecule has 9 nitrogen and oxygen atoms in total. The Hall–Kier alpha value is -1.52. The lowest BCUT2D eigenvalue weighted by molar-refractivity contribution is -0.239. The Labute approximate surface area is 181 Å². The van der Waals surface area contributed by atoms with Gasteiger partial charge in [0.2, 0.25) is 0 Å². The van der Waals surface area contributed by atoms with Crippen molar-refractivity contribution < 1.29 is 43.9 Å². The molecule has 0 aromatic heterocycles. The molecule has 4 aliphatic rings. The average molecular weight is 440 g/mol. The fourth-order valence-electron chi connectivity index (χ4n) is 5.94. The second-order valence-corrected chi connectivity index (χ2v) is 10.3. The van der Waals surface area contributed by atoms with E-state index >= 15 is 0 Å². The Bertz CT molecular complexity index is 810. The van der Waals surface area contributed by atoms with Gasteiger partial charge in [-0.05, 0) is 26.3 Å². The molecule has 1 saturated carbocycles. The van der Waals surface area contributed by atoms with Gasteiger partial charge in [0.15, 0.2) is 0 Å². The molecule has 1 spiro atoms. The summed E-state index contributed by atoms with van der Waals surface area (Å²) in [7, 11) is 0. The molecule has 2 saturated heterocycles. The van der Waals surface area contributed by atoms with Crippen LogP contribution in [0.5, 0.6) is 0 Å². The summed E-state index contributed by atoms with van der Waals surface area (Å²) in [5.41, 5.74) is -3.37. The van der Waals surface area contributed by atoms with Gasteiger partial charge in [-0.15, -0.1) is 0 Å². The van der Waals surface area contributed by atoms with Crippen LogP contribution in [0.1, 0.15) is 47.5 Å². The number of aliphatic hydroxyl groups is 3. The zero-order chi connectivity index (χ0) is 23.0. The van der Waals surface area contributed by atoms with Crippen LogP contribution in [0.25, 0.3) is 0 Å². The van der Waals surface area contributed by atoms with Crippen molar-refractivity contribution in [2.24, 2.45) is 10.8 Å². The van der Waals surface area contributed by atoms with E-state index in [2.05, 4.69) is 0 Å². The highest BCUT2D eigenvalue weighted by atomic mass is 16.6. The number of carbonyl (C=O) groups excluding carboxylic acids is 2. The fraction of sp³-hybridized carbons (Fsp3) is 0.818. The molecule has 0 amide bonds. The van der Waals surface area contributed by atoms with Gasteiger partial charge >= 0.3 is 11.9 Å². The zero-order valence-electron chi connectivity index (χ0n) is 18.6. The van der Waals surface area contributed by atoms with Gasteiger partial charge in [0.05, 0.1) is 30.8 Å². The Kier molecular flexibility index (Phi) is 5.11. The minimum Gasteiger partial charge on any atom is -0.465 e. The molecule has 0 radical (unpaired) electrons. The Morgan fingerprint density at radius 1 is 1.32 bits per heavy atom. The quantitative estimate of drug-likeness (QED) is 0.312. The van der Waals surface area contributed by atoms with Gasteiger partial charge in [-0.1, -0.05) is 13.0 Å². The predicted octanol–water partition coefficient (Wildman–Crippen LogP) is 0.237. The first kappa shape index (κ1) is 22.7. The summed E-state index contributed by atoms with van der Waals surface area (Å²) in [6, 6.07) is 0. The summed E-state index contributed by atoms with van der Waals surface area (Å²) in [6.45, 7) is 8.21. The smallest absolute Gasteiger partial charge is 0.309 e. The van der Waals surface area contributed by atoms with Gasteiger partial charge in [0, 0.05) is 24.2 Å². The molecule has 9 heteroatoms. The van der Waals surface area contributed by atoms with Gasteiger partial charge in [0.25, 0.3) is 0 Å². The summed E-state index contributed by atoms with van der Waals surface area (Å²) in [5, 5.41) is 31.9. The Morgan fingerprint density at radius 3 is 2.52 bits per heavy atom. The van der Waals surface area contributed by atoms with E-state index in [1.165, 1.54) is 20.8 Å². The summed E-state index contributed by atoms with van der Waals surface area (Å²) >= 11 is 0. The van der Waals surface area contributed by atoms with Crippen LogP contribution < -0.4 is 0 Å². The molecule has 0 aromatic carbocycles. The number of ether oxygens (including phenoxy) is 4. The number of epoxide rings is 1. The number of hydrogen-bond donors (Lipinski definition) is 3. The molecule has 2 heterocycles. The third kappa shape index (κ3) is 3.16. The topological polar surface area (TPSA) is 135 Å². The zero-order valence-corrected chi connectivity index (χ0v) is 18.6. The van der Waals surface area contributed by atoms with Crippen molar-refractivity contribution in [2.75, 3.05) is 13.2 Å². The van der Waals surface area contributed by atoms with E-state index in [1.54, 1.807) is 0 Å². The minimum absolute atomic E-state index is 0.0889. The summed E-state index contributed by atoms with van der Waals surface area (Å²) < 4.78 is 23.2. The van der Waals surface area contributed by atoms with E-state index in [9.17, 15) is 24.9 Å². The molecule has 31 heavy (non-hydrogen) atoms. The molecule has 174 valence electrons. The van der Waals surface area contributed by atoms with E-state index in [-0.39, 0.29) is 19.4 Å². The fourth-order valence-corrected chi connectivity index (χ4v) is 5.94. The Balaban J connectivity index is 1.73. The monoisotopic (exact) mass is 440 g/mol. The Morgan fingerprint density at radius 2 is 1.97 bits per heavy atom. The second-order valence-electron chi connectivity index (χ2n) is 10.3. The third-order valence-electron chi connectivity index (χ3n) is 7.75. The van der Waals surface area contributed by atoms with Crippen molar-refractivity contribution in [3.63, 3.8) is 0 Å². The summed E-state index contributed by atoms with van der Waals surface area (Å²) in [4.78, 5) is 24.2. The molecule has 3 fully saturated rings. The van der Waals surface area contributed by atoms with Gasteiger partial charge in [0.1, 0.15) is 30.5 Å². The van der Waals surface area contributed by atoms with Gasteiger partial charge in [-0.2, -0.15) is 0 Å². The maximum atomic E-state index is 12.5. The van der Waals surface area contributed by atoms with E-state index < -0.39 is 64.5 Å². The van der Waals surface area contributed by atoms with E-state index in [0.29, 0.717) is 6.61 Å². The van der Waals surface area contributed by atoms with E-state index in [4.69, 9.17) is 18.9 Å². The highest BCUT2D eigenvalue weighted by Crippen LogP contribution is 2.71. The number of esters is 2. The lowest BCUT2D eigenvalue weighted by Crippen LogP contribution is -2.67. The first-order chi connectivity index (χ1) is 14.3. The highest BCUT2D eigenvalue weighted by molar-refractivity contribution is 5.71. The molecule has 4 rings (SSSR count). The van der Waals surface area contributed by atoms with Crippen LogP contribution in [0.3, 0.4) is 0 Å². The van der Waals surface area contributed by atoms with Crippen LogP contribution in [0.2, 0.25) is 0 Å². The molecular weight excluding hydrogens is 408 g/mol. The summed E-state index contributed by atoms with van der Waals surface area (Å²) in [6.07, 6.45) is -2.43. The van der Waals surface area contributed by atoms with Crippen LogP contribution in [0.15, 0.2) is 11.6 Å². The SMILES string of the molecule is CC(=O)OC[C@]12CC(OC(=O)CC(C)(C)O)C(C)=C[C@H]1O[C@@H]1C(O)C(O)[C@@]2(C)[C@]12CO2. The number of fused-ring (bicyclic) bond motifs is 2. The largest absolute Gasteiger partial charge is 0.465 e. The van der Waals surface area contributed by atoms with Crippen LogP contribution in [0, 0.1) is 10.8 Å². The first-order valence-corrected chi connectivity index (χ1v) is 10.7. The standard InChI is InChI=1S/C22H32O9/c1-11-6-14-21(9-28-12(2)23,7-13(11)30-15(24)8-19(3,4)27)20(5)17(26)16(25)18(31-14)22(20)10-29-22/h6,13-14,16-18,25-27H,7-10H2,1-5H3/t13?,14-,16?,17?,18-,20-,21-,22+/m1/s1. The number of carbonyl (C=O) groups is 2. The molecular formula is C22H32O9. The highest BCUT2D eigenvalue weighted by Gasteiger charge is 2.85. The molecule has 2 aliphatic carbocycles. The lowest BCUT2D eigenvalue weighted by atomic mass is 9.51. The predicted molar refractivity (Wildman–Crippen MR) is 106 cm³/mol. The maximum Gasteiger partial charge on any atom is 0.309 e. The van der Waals surface area contributed by atoms with Crippen molar-refractivity contribution in [1.29, 1.82) is 0 Å². The average Bonchev–Trinajstić information content (AvgIpc) is 3.42. The number of rotatable bonds is 5. The van der Waals surface area contributed by atoms with Gasteiger partial charge in [-0.3, -0.25) is 9.59 Å². The second kappa shape index (κ2) is 6.99. The van der Waals surface area contributed by atoms with Crippen molar-refractivity contribution in [1.82, 2.24) is 0 Å². The normalized spacial score (nSPS) is 45.7. The van der Waals surface area contributed by atoms with Gasteiger partial charge < -0.3 is 34.3 Å². The number of hydrogen-bond acceptors (Lipinski definition) is 9. The van der Waals surface area contributed by atoms with E-state index in [1.807, 2.05) is 19.9 Å². The number of aliphatic hydroxyl groups excluding tert-OH is 2. The van der Waals surface area contributed by atoms with E-state index in [0.717, 1.165) is 5.57 Å². The molecule has 2 bridgehead atoms. The molecule has 0 aromatic rings. The molecule has 8 atom stereocenters. The molecule has 3 N–H and O–H groups in total. The van der Waals surface area contributed by atoms with Crippen molar-refractivity contribution in [2.45, 2.75) is 89.2 Å². The van der Waals surface area contributed by atoms with Crippen LogP contribution in [0.4, 0.5) is 0 Å². The minimum atomic E-state index is -1.22. The lowest BCUT2D eigenvalue weighted by Gasteiger charge is -2.58. The molecule has 2 aliphatic heterocycles. The summed E-state index contributed by atoms with van der Waals surface area (Å²) in [5.74, 6) is -1.05. The van der Waals surface area contributed by atoms with Crippen LogP contribution in [-0.4, -0.2) is 82.2 Å². The van der Waals surface area contributed by atoms with Crippen LogP contribution in [-0.2, 0) is 28.5 Å². The van der Waals surface area contributed by atoms with Crippen LogP contribution >= 0.6 is 0 Å². The van der Waals surface area contributed by atoms with Crippen molar-refractivity contribution in [3.8, 4) is 0 Å². The van der Waals surface area contributed by atoms with Crippen molar-refractivity contribution in [3.05, 3.63) is 11.6 Å². The maximum absolute atomic E-state index is 12.5. The van der Waals surface area contributed by atoms with Gasteiger partial charge in [-0.25, -0.2) is 0 Å². The first-order valence-electron chi connectivity index (χ1n) is 10.7. The third-order valence-corrected chi connectivity index (χ3v) is 7.75. The van der Waals surface area contributed by atoms with Crippen molar-refractivity contribution >= 4 is 11.9 Å². The molecule has 3 unspecified atom stereocenters.